The number of anilines is 2. The number of hydrazone groups is 1. The fraction of sp³-hybridized carbons (Fsp3) is 0.0333. The molecule has 0 unspecified atom stereocenters. The highest BCUT2D eigenvalue weighted by atomic mass is 79.9. The summed E-state index contributed by atoms with van der Waals surface area (Å²) in [6, 6.07) is 30.3. The van der Waals surface area contributed by atoms with Crippen molar-refractivity contribution in [2.24, 2.45) is 5.10 Å². The summed E-state index contributed by atoms with van der Waals surface area (Å²) in [5, 5.41) is 10.8. The van der Waals surface area contributed by atoms with Crippen molar-refractivity contribution < 1.29 is 9.53 Å². The normalized spacial score (nSPS) is 10.9. The van der Waals surface area contributed by atoms with Gasteiger partial charge >= 0.3 is 0 Å². The van der Waals surface area contributed by atoms with E-state index in [2.05, 4.69) is 36.8 Å². The molecule has 0 radical (unpaired) electrons. The number of ether oxygens (including phenoxy) is 1. The number of nitrogens with zero attached hydrogens (tertiary/aromatic N) is 2. The molecule has 0 spiro atoms. The largest absolute Gasteiger partial charge is 0.488 e. The van der Waals surface area contributed by atoms with Gasteiger partial charge in [-0.1, -0.05) is 54.1 Å². The molecule has 0 aliphatic carbocycles. The molecule has 9 heteroatoms. The Bertz CT molecular complexity index is 1610. The van der Waals surface area contributed by atoms with Crippen LogP contribution in [0.3, 0.4) is 0 Å². The van der Waals surface area contributed by atoms with Gasteiger partial charge in [0.1, 0.15) is 12.4 Å². The second-order valence-electron chi connectivity index (χ2n) is 8.41. The van der Waals surface area contributed by atoms with Crippen molar-refractivity contribution in [3.63, 3.8) is 0 Å². The van der Waals surface area contributed by atoms with Gasteiger partial charge in [0, 0.05) is 27.2 Å². The number of benzene rings is 4. The highest BCUT2D eigenvalue weighted by Crippen LogP contribution is 2.28. The molecule has 0 aliphatic heterocycles. The molecule has 0 saturated heterocycles. The molecule has 0 atom stereocenters. The maximum Gasteiger partial charge on any atom is 0.271 e. The van der Waals surface area contributed by atoms with Crippen molar-refractivity contribution in [1.82, 2.24) is 10.4 Å². The zero-order valence-corrected chi connectivity index (χ0v) is 23.6. The molecular weight excluding hydrogens is 596 g/mol. The minimum atomic E-state index is -0.303. The minimum absolute atomic E-state index is 0.303. The van der Waals surface area contributed by atoms with Gasteiger partial charge in [0.15, 0.2) is 5.13 Å². The Morgan fingerprint density at radius 3 is 2.59 bits per heavy atom. The highest BCUT2D eigenvalue weighted by molar-refractivity contribution is 9.10. The van der Waals surface area contributed by atoms with Gasteiger partial charge < -0.3 is 10.1 Å². The fourth-order valence-corrected chi connectivity index (χ4v) is 5.10. The number of hydrogen-bond acceptors (Lipinski definition) is 6. The van der Waals surface area contributed by atoms with E-state index >= 15 is 0 Å². The molecule has 6 nitrogen and oxygen atoms in total. The fourth-order valence-electron chi connectivity index (χ4n) is 3.63. The molecular formula is C30H22BrClN4O2S. The topological polar surface area (TPSA) is 75.6 Å². The van der Waals surface area contributed by atoms with Crippen LogP contribution in [0.5, 0.6) is 5.75 Å². The third-order valence-corrected chi connectivity index (χ3v) is 7.20. The summed E-state index contributed by atoms with van der Waals surface area (Å²) in [5.74, 6) is 0.391. The summed E-state index contributed by atoms with van der Waals surface area (Å²) in [6.45, 7) is 0.398. The molecule has 0 saturated carbocycles. The summed E-state index contributed by atoms with van der Waals surface area (Å²) in [4.78, 5) is 17.2. The lowest BCUT2D eigenvalue weighted by atomic mass is 10.1. The maximum absolute atomic E-state index is 12.6. The molecule has 4 aromatic carbocycles. The number of hydrogen-bond donors (Lipinski definition) is 2. The van der Waals surface area contributed by atoms with Gasteiger partial charge in [-0.2, -0.15) is 5.10 Å². The van der Waals surface area contributed by atoms with E-state index in [-0.39, 0.29) is 5.91 Å². The van der Waals surface area contributed by atoms with Gasteiger partial charge in [-0.3, -0.25) is 4.79 Å². The monoisotopic (exact) mass is 616 g/mol. The number of nitrogens with one attached hydrogen (secondary N) is 2. The third kappa shape index (κ3) is 7.32. The van der Waals surface area contributed by atoms with Crippen molar-refractivity contribution in [2.45, 2.75) is 6.61 Å². The van der Waals surface area contributed by atoms with Crippen molar-refractivity contribution >= 4 is 61.8 Å². The first-order valence-corrected chi connectivity index (χ1v) is 14.0. The first kappa shape index (κ1) is 26.6. The lowest BCUT2D eigenvalue weighted by molar-refractivity contribution is 0.0955. The predicted molar refractivity (Wildman–Crippen MR) is 162 cm³/mol. The Hall–Kier alpha value is -3.98. The van der Waals surface area contributed by atoms with Crippen molar-refractivity contribution in [3.8, 4) is 17.0 Å². The smallest absolute Gasteiger partial charge is 0.271 e. The number of carbonyl (C=O) groups excluding carboxylic acids is 1. The summed E-state index contributed by atoms with van der Waals surface area (Å²) in [7, 11) is 0. The molecule has 5 aromatic rings. The lowest BCUT2D eigenvalue weighted by Crippen LogP contribution is -2.17. The van der Waals surface area contributed by atoms with Gasteiger partial charge in [-0.25, -0.2) is 10.4 Å². The number of halogens is 2. The molecule has 1 amide bonds. The van der Waals surface area contributed by atoms with Crippen LogP contribution in [0.15, 0.2) is 112 Å². The summed E-state index contributed by atoms with van der Waals surface area (Å²) in [6.07, 6.45) is 1.58. The summed E-state index contributed by atoms with van der Waals surface area (Å²) < 4.78 is 6.65. The summed E-state index contributed by atoms with van der Waals surface area (Å²) >= 11 is 11.1. The van der Waals surface area contributed by atoms with E-state index in [1.165, 1.54) is 11.3 Å². The number of thiazole rings is 1. The van der Waals surface area contributed by atoms with E-state index < -0.39 is 0 Å². The third-order valence-electron chi connectivity index (χ3n) is 5.59. The second kappa shape index (κ2) is 12.7. The standard InChI is InChI=1S/C30H22BrClN4O2S/c31-26-16-20(9-14-28(26)38-18-21-5-4-6-24(32)15-21)17-33-36-29(37)23-12-10-22(11-13-23)27-19-39-30(35-27)34-25-7-2-1-3-8-25/h1-17,19H,18H2,(H,34,35)(H,36,37)/b33-17-. The second-order valence-corrected chi connectivity index (χ2v) is 10.6. The van der Waals surface area contributed by atoms with E-state index in [1.807, 2.05) is 90.3 Å². The average molecular weight is 618 g/mol. The number of amides is 1. The van der Waals surface area contributed by atoms with Crippen LogP contribution in [0.4, 0.5) is 10.8 Å². The molecule has 2 N–H and O–H groups in total. The van der Waals surface area contributed by atoms with Crippen LogP contribution < -0.4 is 15.5 Å². The molecule has 0 fully saturated rings. The van der Waals surface area contributed by atoms with E-state index in [4.69, 9.17) is 16.3 Å². The zero-order valence-electron chi connectivity index (χ0n) is 20.5. The highest BCUT2D eigenvalue weighted by Gasteiger charge is 2.09. The molecule has 5 rings (SSSR count). The SMILES string of the molecule is O=C(N/N=C\c1ccc(OCc2cccc(Cl)c2)c(Br)c1)c1ccc(-c2csc(Nc3ccccc3)n2)cc1. The Balaban J connectivity index is 1.14. The van der Waals surface area contributed by atoms with Gasteiger partial charge in [-0.15, -0.1) is 11.3 Å². The van der Waals surface area contributed by atoms with Crippen LogP contribution in [-0.2, 0) is 6.61 Å². The van der Waals surface area contributed by atoms with Gasteiger partial charge in [0.05, 0.1) is 16.4 Å². The Labute approximate surface area is 243 Å². The van der Waals surface area contributed by atoms with Crippen molar-refractivity contribution in [2.75, 3.05) is 5.32 Å². The number of carbonyl (C=O) groups is 1. The van der Waals surface area contributed by atoms with Crippen LogP contribution >= 0.6 is 38.9 Å². The van der Waals surface area contributed by atoms with Gasteiger partial charge in [0.25, 0.3) is 5.91 Å². The maximum atomic E-state index is 12.6. The van der Waals surface area contributed by atoms with Crippen LogP contribution in [0.25, 0.3) is 11.3 Å². The van der Waals surface area contributed by atoms with E-state index in [1.54, 1.807) is 18.3 Å². The molecule has 194 valence electrons. The van der Waals surface area contributed by atoms with Crippen LogP contribution in [-0.4, -0.2) is 17.1 Å². The van der Waals surface area contributed by atoms with E-state index in [9.17, 15) is 4.79 Å². The van der Waals surface area contributed by atoms with Gasteiger partial charge in [0.2, 0.25) is 0 Å². The van der Waals surface area contributed by atoms with Crippen LogP contribution in [0.2, 0.25) is 5.02 Å². The molecule has 39 heavy (non-hydrogen) atoms. The molecule has 0 aliphatic rings. The summed E-state index contributed by atoms with van der Waals surface area (Å²) in [5.41, 5.74) is 7.60. The molecule has 1 aromatic heterocycles. The van der Waals surface area contributed by atoms with Crippen molar-refractivity contribution in [3.05, 3.63) is 129 Å². The Morgan fingerprint density at radius 1 is 1.00 bits per heavy atom. The molecule has 0 bridgehead atoms. The number of aromatic nitrogens is 1. The number of para-hydroxylation sites is 1. The zero-order chi connectivity index (χ0) is 27.0. The minimum Gasteiger partial charge on any atom is -0.488 e. The Kier molecular flexibility index (Phi) is 8.68. The van der Waals surface area contributed by atoms with Crippen LogP contribution in [0, 0.1) is 0 Å². The quantitative estimate of drug-likeness (QED) is 0.129. The lowest BCUT2D eigenvalue weighted by Gasteiger charge is -2.09. The average Bonchev–Trinajstić information content (AvgIpc) is 3.41. The van der Waals surface area contributed by atoms with Crippen molar-refractivity contribution in [1.29, 1.82) is 0 Å². The molecule has 1 heterocycles. The predicted octanol–water partition coefficient (Wildman–Crippen LogP) is 8.31. The first-order valence-electron chi connectivity index (χ1n) is 11.9. The Morgan fingerprint density at radius 2 is 1.82 bits per heavy atom. The van der Waals surface area contributed by atoms with E-state index in [0.29, 0.717) is 22.9 Å². The van der Waals surface area contributed by atoms with Gasteiger partial charge in [-0.05, 0) is 81.7 Å². The first-order chi connectivity index (χ1) is 19.0. The van der Waals surface area contributed by atoms with Crippen LogP contribution in [0.1, 0.15) is 21.5 Å². The number of rotatable bonds is 9. The van der Waals surface area contributed by atoms with E-state index in [0.717, 1.165) is 37.7 Å².